The second kappa shape index (κ2) is 4.77. The first-order chi connectivity index (χ1) is 7.58. The highest BCUT2D eigenvalue weighted by molar-refractivity contribution is 9.10. The van der Waals surface area contributed by atoms with Gasteiger partial charge in [0.25, 0.3) is 0 Å². The summed E-state index contributed by atoms with van der Waals surface area (Å²) >= 11 is 5.18. The van der Waals surface area contributed by atoms with E-state index in [9.17, 15) is 9.90 Å². The maximum absolute atomic E-state index is 10.6. The number of hydrogen-bond donors (Lipinski definition) is 2. The standard InChI is InChI=1S/C11H11BrO3S/c12-8-5-6(10(13)11(14)15)1-4-9(8)16-7-2-3-7/h1,4-5,7,10,13H,2-3H2,(H,14,15). The van der Waals surface area contributed by atoms with Gasteiger partial charge in [-0.25, -0.2) is 4.79 Å². The molecule has 1 saturated carbocycles. The molecule has 3 nitrogen and oxygen atoms in total. The monoisotopic (exact) mass is 302 g/mol. The van der Waals surface area contributed by atoms with Gasteiger partial charge in [0.05, 0.1) is 0 Å². The van der Waals surface area contributed by atoms with Crippen LogP contribution in [0, 0.1) is 0 Å². The van der Waals surface area contributed by atoms with E-state index in [4.69, 9.17) is 5.11 Å². The number of aliphatic hydroxyl groups is 1. The number of carboxylic acids is 1. The van der Waals surface area contributed by atoms with Crippen molar-refractivity contribution in [1.29, 1.82) is 0 Å². The Hall–Kier alpha value is -0.520. The molecule has 1 aliphatic carbocycles. The molecule has 0 amide bonds. The Kier molecular flexibility index (Phi) is 3.56. The van der Waals surface area contributed by atoms with Crippen molar-refractivity contribution in [2.24, 2.45) is 0 Å². The van der Waals surface area contributed by atoms with E-state index in [1.165, 1.54) is 12.8 Å². The van der Waals surface area contributed by atoms with E-state index < -0.39 is 12.1 Å². The van der Waals surface area contributed by atoms with Crippen molar-refractivity contribution in [3.05, 3.63) is 28.2 Å². The first-order valence-corrected chi connectivity index (χ1v) is 6.62. The van der Waals surface area contributed by atoms with Gasteiger partial charge in [0.15, 0.2) is 6.10 Å². The molecule has 2 N–H and O–H groups in total. The molecule has 0 aliphatic heterocycles. The molecule has 0 bridgehead atoms. The summed E-state index contributed by atoms with van der Waals surface area (Å²) in [5, 5.41) is 18.8. The number of benzene rings is 1. The lowest BCUT2D eigenvalue weighted by Gasteiger charge is -2.09. The maximum atomic E-state index is 10.6. The van der Waals surface area contributed by atoms with Gasteiger partial charge in [0.2, 0.25) is 0 Å². The van der Waals surface area contributed by atoms with Crippen LogP contribution in [0.3, 0.4) is 0 Å². The number of rotatable bonds is 4. The van der Waals surface area contributed by atoms with Gasteiger partial charge in [0, 0.05) is 14.6 Å². The van der Waals surface area contributed by atoms with E-state index in [0.717, 1.165) is 9.37 Å². The average Bonchev–Trinajstić information content (AvgIpc) is 3.03. The smallest absolute Gasteiger partial charge is 0.337 e. The summed E-state index contributed by atoms with van der Waals surface area (Å²) in [4.78, 5) is 11.7. The zero-order valence-corrected chi connectivity index (χ0v) is 10.8. The summed E-state index contributed by atoms with van der Waals surface area (Å²) in [6.07, 6.45) is 1.05. The quantitative estimate of drug-likeness (QED) is 0.898. The lowest BCUT2D eigenvalue weighted by atomic mass is 10.1. The Morgan fingerprint density at radius 3 is 2.69 bits per heavy atom. The summed E-state index contributed by atoms with van der Waals surface area (Å²) in [5.74, 6) is -1.23. The summed E-state index contributed by atoms with van der Waals surface area (Å²) in [6, 6.07) is 5.19. The number of thioether (sulfide) groups is 1. The molecule has 2 rings (SSSR count). The van der Waals surface area contributed by atoms with Crippen LogP contribution in [-0.2, 0) is 4.79 Å². The fraction of sp³-hybridized carbons (Fsp3) is 0.364. The Bertz CT molecular complexity index is 418. The molecule has 1 aromatic rings. The third-order valence-corrected chi connectivity index (χ3v) is 4.66. The number of halogens is 1. The number of aliphatic carboxylic acids is 1. The molecule has 16 heavy (non-hydrogen) atoms. The zero-order chi connectivity index (χ0) is 11.7. The molecule has 1 aliphatic rings. The fourth-order valence-electron chi connectivity index (χ4n) is 1.29. The van der Waals surface area contributed by atoms with Crippen molar-refractivity contribution < 1.29 is 15.0 Å². The molecule has 1 atom stereocenters. The van der Waals surface area contributed by atoms with Crippen molar-refractivity contribution in [2.45, 2.75) is 29.1 Å². The fourth-order valence-corrected chi connectivity index (χ4v) is 3.02. The highest BCUT2D eigenvalue weighted by Crippen LogP contribution is 2.42. The first kappa shape index (κ1) is 12.0. The van der Waals surface area contributed by atoms with Crippen molar-refractivity contribution in [1.82, 2.24) is 0 Å². The molecule has 0 heterocycles. The Morgan fingerprint density at radius 2 is 2.19 bits per heavy atom. The minimum Gasteiger partial charge on any atom is -0.479 e. The minimum atomic E-state index is -1.45. The number of hydrogen-bond acceptors (Lipinski definition) is 3. The molecule has 1 aromatic carbocycles. The van der Waals surface area contributed by atoms with Crippen LogP contribution in [0.15, 0.2) is 27.6 Å². The van der Waals surface area contributed by atoms with Gasteiger partial charge in [-0.3, -0.25) is 0 Å². The molecule has 0 spiro atoms. The predicted molar refractivity (Wildman–Crippen MR) is 65.6 cm³/mol. The summed E-state index contributed by atoms with van der Waals surface area (Å²) < 4.78 is 0.849. The summed E-state index contributed by atoms with van der Waals surface area (Å²) in [5.41, 5.74) is 0.402. The molecular weight excluding hydrogens is 292 g/mol. The van der Waals surface area contributed by atoms with Crippen LogP contribution in [-0.4, -0.2) is 21.4 Å². The molecule has 86 valence electrons. The van der Waals surface area contributed by atoms with Gasteiger partial charge in [-0.1, -0.05) is 6.07 Å². The van der Waals surface area contributed by atoms with E-state index in [-0.39, 0.29) is 0 Å². The zero-order valence-electron chi connectivity index (χ0n) is 8.39. The highest BCUT2D eigenvalue weighted by Gasteiger charge is 2.24. The molecule has 0 aromatic heterocycles. The molecular formula is C11H11BrO3S. The van der Waals surface area contributed by atoms with Crippen molar-refractivity contribution in [2.75, 3.05) is 0 Å². The van der Waals surface area contributed by atoms with Crippen LogP contribution in [0.4, 0.5) is 0 Å². The second-order valence-corrected chi connectivity index (χ2v) is 5.94. The molecule has 0 saturated heterocycles. The van der Waals surface area contributed by atoms with Crippen LogP contribution in [0.25, 0.3) is 0 Å². The van der Waals surface area contributed by atoms with Gasteiger partial charge >= 0.3 is 5.97 Å². The van der Waals surface area contributed by atoms with Crippen LogP contribution >= 0.6 is 27.7 Å². The lowest BCUT2D eigenvalue weighted by Crippen LogP contribution is -2.10. The van der Waals surface area contributed by atoms with Crippen LogP contribution < -0.4 is 0 Å². The molecule has 5 heteroatoms. The number of carbonyl (C=O) groups is 1. The van der Waals surface area contributed by atoms with Crippen molar-refractivity contribution in [3.8, 4) is 0 Å². The SMILES string of the molecule is O=C(O)C(O)c1ccc(SC2CC2)c(Br)c1. The average molecular weight is 303 g/mol. The van der Waals surface area contributed by atoms with Crippen molar-refractivity contribution in [3.63, 3.8) is 0 Å². The van der Waals surface area contributed by atoms with E-state index in [2.05, 4.69) is 15.9 Å². The second-order valence-electron chi connectivity index (χ2n) is 3.75. The largest absolute Gasteiger partial charge is 0.479 e. The lowest BCUT2D eigenvalue weighted by molar-refractivity contribution is -0.146. The number of carboxylic acid groups (broad SMARTS) is 1. The highest BCUT2D eigenvalue weighted by atomic mass is 79.9. The van der Waals surface area contributed by atoms with E-state index >= 15 is 0 Å². The normalized spacial score (nSPS) is 17.1. The van der Waals surface area contributed by atoms with Gasteiger partial charge in [-0.2, -0.15) is 0 Å². The maximum Gasteiger partial charge on any atom is 0.337 e. The molecule has 0 radical (unpaired) electrons. The Labute approximate surface area is 106 Å². The Morgan fingerprint density at radius 1 is 1.50 bits per heavy atom. The predicted octanol–water partition coefficient (Wildman–Crippen LogP) is 2.82. The van der Waals surface area contributed by atoms with E-state index in [1.807, 2.05) is 6.07 Å². The summed E-state index contributed by atoms with van der Waals surface area (Å²) in [6.45, 7) is 0. The van der Waals surface area contributed by atoms with E-state index in [0.29, 0.717) is 10.8 Å². The summed E-state index contributed by atoms with van der Waals surface area (Å²) in [7, 11) is 0. The van der Waals surface area contributed by atoms with Gasteiger partial charge in [0.1, 0.15) is 0 Å². The molecule has 1 unspecified atom stereocenters. The molecule has 1 fully saturated rings. The van der Waals surface area contributed by atoms with Gasteiger partial charge in [-0.05, 0) is 46.5 Å². The van der Waals surface area contributed by atoms with Crippen LogP contribution in [0.5, 0.6) is 0 Å². The Balaban J connectivity index is 2.17. The third kappa shape index (κ3) is 2.78. The van der Waals surface area contributed by atoms with Gasteiger partial charge < -0.3 is 10.2 Å². The third-order valence-electron chi connectivity index (χ3n) is 2.32. The topological polar surface area (TPSA) is 57.5 Å². The van der Waals surface area contributed by atoms with Crippen LogP contribution in [0.2, 0.25) is 0 Å². The van der Waals surface area contributed by atoms with Crippen LogP contribution in [0.1, 0.15) is 24.5 Å². The first-order valence-electron chi connectivity index (χ1n) is 4.95. The van der Waals surface area contributed by atoms with E-state index in [1.54, 1.807) is 23.9 Å². The van der Waals surface area contributed by atoms with Crippen molar-refractivity contribution >= 4 is 33.7 Å². The minimum absolute atomic E-state index is 0.402. The number of aliphatic hydroxyl groups excluding tert-OH is 1. The van der Waals surface area contributed by atoms with Gasteiger partial charge in [-0.15, -0.1) is 11.8 Å².